The number of nitrogens with zero attached hydrogens (tertiary/aromatic N) is 2. The summed E-state index contributed by atoms with van der Waals surface area (Å²) in [7, 11) is 0. The fourth-order valence-corrected chi connectivity index (χ4v) is 2.03. The minimum absolute atomic E-state index is 0.111. The van der Waals surface area contributed by atoms with Crippen molar-refractivity contribution in [2.24, 2.45) is 0 Å². The van der Waals surface area contributed by atoms with E-state index in [4.69, 9.17) is 5.11 Å². The molecular weight excluding hydrogens is 230 g/mol. The molecule has 18 heavy (non-hydrogen) atoms. The highest BCUT2D eigenvalue weighted by atomic mass is 16.4. The lowest BCUT2D eigenvalue weighted by atomic mass is 10.3. The third-order valence-corrected chi connectivity index (χ3v) is 3.11. The molecule has 5 nitrogen and oxygen atoms in total. The van der Waals surface area contributed by atoms with Gasteiger partial charge in [0.05, 0.1) is 17.5 Å². The van der Waals surface area contributed by atoms with E-state index in [2.05, 4.69) is 10.3 Å². The van der Waals surface area contributed by atoms with E-state index in [1.807, 2.05) is 28.8 Å². The number of aromatic nitrogens is 2. The van der Waals surface area contributed by atoms with Crippen LogP contribution >= 0.6 is 0 Å². The highest BCUT2D eigenvalue weighted by Gasteiger charge is 2.23. The average molecular weight is 245 g/mol. The molecule has 2 N–H and O–H groups in total. The van der Waals surface area contributed by atoms with Crippen LogP contribution in [0.15, 0.2) is 24.3 Å². The number of hydrogen-bond acceptors (Lipinski definition) is 3. The minimum atomic E-state index is -0.787. The number of imidazole rings is 1. The molecule has 3 rings (SSSR count). The van der Waals surface area contributed by atoms with Crippen molar-refractivity contribution >= 4 is 23.0 Å². The van der Waals surface area contributed by atoms with Crippen LogP contribution in [0.1, 0.15) is 19.3 Å². The Balaban J connectivity index is 1.96. The van der Waals surface area contributed by atoms with Crippen molar-refractivity contribution < 1.29 is 9.90 Å². The van der Waals surface area contributed by atoms with E-state index in [9.17, 15) is 4.79 Å². The maximum absolute atomic E-state index is 10.7. The summed E-state index contributed by atoms with van der Waals surface area (Å²) in [6, 6.07) is 8.32. The van der Waals surface area contributed by atoms with Crippen LogP contribution in [0.25, 0.3) is 11.0 Å². The van der Waals surface area contributed by atoms with Gasteiger partial charge in [-0.15, -0.1) is 0 Å². The second kappa shape index (κ2) is 4.33. The molecule has 0 unspecified atom stereocenters. The van der Waals surface area contributed by atoms with E-state index in [0.717, 1.165) is 17.0 Å². The van der Waals surface area contributed by atoms with Crippen LogP contribution in [0.4, 0.5) is 5.95 Å². The number of benzene rings is 1. The number of hydrogen-bond donors (Lipinski definition) is 2. The zero-order valence-corrected chi connectivity index (χ0v) is 9.97. The van der Waals surface area contributed by atoms with Crippen LogP contribution in [0.3, 0.4) is 0 Å². The van der Waals surface area contributed by atoms with E-state index in [-0.39, 0.29) is 6.42 Å². The van der Waals surface area contributed by atoms with Crippen molar-refractivity contribution in [3.05, 3.63) is 24.3 Å². The van der Waals surface area contributed by atoms with Gasteiger partial charge in [-0.1, -0.05) is 12.1 Å². The molecule has 94 valence electrons. The van der Waals surface area contributed by atoms with E-state index in [0.29, 0.717) is 12.6 Å². The van der Waals surface area contributed by atoms with Gasteiger partial charge in [0.15, 0.2) is 0 Å². The van der Waals surface area contributed by atoms with E-state index >= 15 is 0 Å². The lowest BCUT2D eigenvalue weighted by Gasteiger charge is -2.08. The highest BCUT2D eigenvalue weighted by Crippen LogP contribution is 2.27. The molecule has 2 aromatic rings. The number of anilines is 1. The predicted octanol–water partition coefficient (Wildman–Crippen LogP) is 2.09. The topological polar surface area (TPSA) is 67.2 Å². The van der Waals surface area contributed by atoms with Crippen LogP contribution in [-0.2, 0) is 11.3 Å². The lowest BCUT2D eigenvalue weighted by molar-refractivity contribution is -0.137. The summed E-state index contributed by atoms with van der Waals surface area (Å²) in [5.74, 6) is 0.00473. The normalized spacial score (nSPS) is 14.9. The molecular formula is C13H15N3O2. The number of aliphatic carboxylic acids is 1. The molecule has 0 bridgehead atoms. The molecule has 1 aromatic carbocycles. The molecule has 1 heterocycles. The number of carboxylic acid groups (broad SMARTS) is 1. The van der Waals surface area contributed by atoms with Gasteiger partial charge in [-0.3, -0.25) is 4.79 Å². The van der Waals surface area contributed by atoms with Gasteiger partial charge in [-0.25, -0.2) is 4.98 Å². The van der Waals surface area contributed by atoms with Gasteiger partial charge in [0.25, 0.3) is 0 Å². The maximum atomic E-state index is 10.7. The quantitative estimate of drug-likeness (QED) is 0.846. The SMILES string of the molecule is O=C(O)CCn1c(NC2CC2)nc2ccccc21. The summed E-state index contributed by atoms with van der Waals surface area (Å²) in [4.78, 5) is 15.3. The van der Waals surface area contributed by atoms with Crippen molar-refractivity contribution in [3.63, 3.8) is 0 Å². The molecule has 5 heteroatoms. The molecule has 0 amide bonds. The van der Waals surface area contributed by atoms with Crippen molar-refractivity contribution in [3.8, 4) is 0 Å². The maximum Gasteiger partial charge on any atom is 0.305 e. The molecule has 0 saturated heterocycles. The van der Waals surface area contributed by atoms with Crippen LogP contribution in [0.5, 0.6) is 0 Å². The summed E-state index contributed by atoms with van der Waals surface area (Å²) in [5, 5.41) is 12.2. The summed E-state index contributed by atoms with van der Waals surface area (Å²) >= 11 is 0. The number of aryl methyl sites for hydroxylation is 1. The summed E-state index contributed by atoms with van der Waals surface area (Å²) in [5.41, 5.74) is 1.90. The van der Waals surface area contributed by atoms with Gasteiger partial charge in [0.1, 0.15) is 0 Å². The molecule has 0 radical (unpaired) electrons. The fourth-order valence-electron chi connectivity index (χ4n) is 2.03. The zero-order chi connectivity index (χ0) is 12.5. The second-order valence-corrected chi connectivity index (χ2v) is 4.64. The first kappa shape index (κ1) is 11.1. The van der Waals surface area contributed by atoms with Crippen LogP contribution < -0.4 is 5.32 Å². The van der Waals surface area contributed by atoms with Crippen molar-refractivity contribution in [1.29, 1.82) is 0 Å². The standard InChI is InChI=1S/C13H15N3O2/c17-12(18)7-8-16-11-4-2-1-3-10(11)15-13(16)14-9-5-6-9/h1-4,9H,5-8H2,(H,14,15)(H,17,18). The van der Waals surface area contributed by atoms with Crippen molar-refractivity contribution in [1.82, 2.24) is 9.55 Å². The Hall–Kier alpha value is -2.04. The molecule has 1 aromatic heterocycles. The number of fused-ring (bicyclic) bond motifs is 1. The molecule has 0 atom stereocenters. The predicted molar refractivity (Wildman–Crippen MR) is 68.6 cm³/mol. The number of nitrogens with one attached hydrogen (secondary N) is 1. The molecule has 1 fully saturated rings. The fraction of sp³-hybridized carbons (Fsp3) is 0.385. The third kappa shape index (κ3) is 2.16. The molecule has 1 aliphatic carbocycles. The van der Waals surface area contributed by atoms with Gasteiger partial charge in [-0.2, -0.15) is 0 Å². The first-order valence-corrected chi connectivity index (χ1v) is 6.17. The first-order chi connectivity index (χ1) is 8.74. The van der Waals surface area contributed by atoms with Gasteiger partial charge in [0.2, 0.25) is 5.95 Å². The smallest absolute Gasteiger partial charge is 0.305 e. The Morgan fingerprint density at radius 1 is 1.44 bits per heavy atom. The summed E-state index contributed by atoms with van der Waals surface area (Å²) < 4.78 is 1.96. The van der Waals surface area contributed by atoms with E-state index in [1.165, 1.54) is 12.8 Å². The van der Waals surface area contributed by atoms with Gasteiger partial charge in [0, 0.05) is 12.6 Å². The lowest BCUT2D eigenvalue weighted by Crippen LogP contribution is -2.11. The Morgan fingerprint density at radius 2 is 2.22 bits per heavy atom. The Labute approximate surface area is 104 Å². The Kier molecular flexibility index (Phi) is 2.66. The van der Waals surface area contributed by atoms with E-state index < -0.39 is 5.97 Å². The average Bonchev–Trinajstić information content (AvgIpc) is 3.08. The summed E-state index contributed by atoms with van der Waals surface area (Å²) in [6.07, 6.45) is 2.45. The molecule has 1 saturated carbocycles. The van der Waals surface area contributed by atoms with Gasteiger partial charge < -0.3 is 15.0 Å². The third-order valence-electron chi connectivity index (χ3n) is 3.11. The first-order valence-electron chi connectivity index (χ1n) is 6.17. The molecule has 0 aliphatic heterocycles. The monoisotopic (exact) mass is 245 g/mol. The largest absolute Gasteiger partial charge is 0.481 e. The van der Waals surface area contributed by atoms with Gasteiger partial charge >= 0.3 is 5.97 Å². The number of carboxylic acids is 1. The molecule has 1 aliphatic rings. The number of carbonyl (C=O) groups is 1. The van der Waals surface area contributed by atoms with E-state index in [1.54, 1.807) is 0 Å². The van der Waals surface area contributed by atoms with Gasteiger partial charge in [-0.05, 0) is 25.0 Å². The number of rotatable bonds is 5. The van der Waals surface area contributed by atoms with Crippen LogP contribution in [-0.4, -0.2) is 26.7 Å². The highest BCUT2D eigenvalue weighted by molar-refractivity contribution is 5.79. The van der Waals surface area contributed by atoms with Crippen LogP contribution in [0.2, 0.25) is 0 Å². The summed E-state index contributed by atoms with van der Waals surface area (Å²) in [6.45, 7) is 0.449. The minimum Gasteiger partial charge on any atom is -0.481 e. The Bertz CT molecular complexity index is 587. The Morgan fingerprint density at radius 3 is 2.94 bits per heavy atom. The number of para-hydroxylation sites is 2. The molecule has 0 spiro atoms. The second-order valence-electron chi connectivity index (χ2n) is 4.64. The van der Waals surface area contributed by atoms with Crippen molar-refractivity contribution in [2.75, 3.05) is 5.32 Å². The van der Waals surface area contributed by atoms with Crippen LogP contribution in [0, 0.1) is 0 Å². The zero-order valence-electron chi connectivity index (χ0n) is 9.97. The van der Waals surface area contributed by atoms with Crippen molar-refractivity contribution in [2.45, 2.75) is 31.8 Å².